The number of Topliss-reactive ketones (excluding diaryl/α,β-unsaturated/α-hetero) is 2. The summed E-state index contributed by atoms with van der Waals surface area (Å²) in [5, 5.41) is 0. The Labute approximate surface area is 162 Å². The molecule has 4 rings (SSSR count). The van der Waals surface area contributed by atoms with Crippen LogP contribution in [0, 0.1) is 40.4 Å². The summed E-state index contributed by atoms with van der Waals surface area (Å²) in [7, 11) is 0. The minimum Gasteiger partial charge on any atom is -0.463 e. The quantitative estimate of drug-likeness (QED) is 0.675. The lowest BCUT2D eigenvalue weighted by Gasteiger charge is -2.59. The second-order valence-corrected chi connectivity index (χ2v) is 10.4. The number of rotatable bonds is 2. The fraction of sp³-hybridized carbons (Fsp3) is 0.870. The molecule has 4 nitrogen and oxygen atoms in total. The van der Waals surface area contributed by atoms with Gasteiger partial charge in [0.2, 0.25) is 0 Å². The lowest BCUT2D eigenvalue weighted by Crippen LogP contribution is -2.58. The van der Waals surface area contributed by atoms with Gasteiger partial charge in [-0.25, -0.2) is 0 Å². The van der Waals surface area contributed by atoms with Gasteiger partial charge in [0, 0.05) is 25.2 Å². The van der Waals surface area contributed by atoms with Gasteiger partial charge in [0.05, 0.1) is 0 Å². The van der Waals surface area contributed by atoms with Crippen molar-refractivity contribution >= 4 is 17.5 Å². The van der Waals surface area contributed by atoms with Gasteiger partial charge in [-0.15, -0.1) is 0 Å². The van der Waals surface area contributed by atoms with Crippen molar-refractivity contribution in [3.05, 3.63) is 0 Å². The Bertz CT molecular complexity index is 669. The van der Waals surface area contributed by atoms with Gasteiger partial charge in [0.1, 0.15) is 17.7 Å². The zero-order chi connectivity index (χ0) is 19.6. The summed E-state index contributed by atoms with van der Waals surface area (Å²) in [5.74, 6) is 2.11. The van der Waals surface area contributed by atoms with Crippen LogP contribution in [0.25, 0.3) is 0 Å². The van der Waals surface area contributed by atoms with Crippen LogP contribution in [0.4, 0.5) is 0 Å². The van der Waals surface area contributed by atoms with Crippen molar-refractivity contribution in [3.63, 3.8) is 0 Å². The van der Waals surface area contributed by atoms with E-state index in [0.29, 0.717) is 30.0 Å². The van der Waals surface area contributed by atoms with E-state index in [0.717, 1.165) is 44.9 Å². The molecule has 0 N–H and O–H groups in total. The molecule has 0 radical (unpaired) electrons. The Morgan fingerprint density at radius 1 is 1.00 bits per heavy atom. The summed E-state index contributed by atoms with van der Waals surface area (Å²) in [6.45, 7) is 7.75. The van der Waals surface area contributed by atoms with Gasteiger partial charge in [-0.2, -0.15) is 0 Å². The Hall–Kier alpha value is -1.19. The monoisotopic (exact) mass is 374 g/mol. The molecule has 0 heterocycles. The van der Waals surface area contributed by atoms with E-state index in [1.54, 1.807) is 6.92 Å². The molecule has 27 heavy (non-hydrogen) atoms. The molecule has 0 spiro atoms. The van der Waals surface area contributed by atoms with Crippen LogP contribution < -0.4 is 0 Å². The highest BCUT2D eigenvalue weighted by molar-refractivity contribution is 5.87. The van der Waals surface area contributed by atoms with Crippen LogP contribution in [0.5, 0.6) is 0 Å². The zero-order valence-corrected chi connectivity index (χ0v) is 17.3. The first-order valence-corrected chi connectivity index (χ1v) is 10.9. The van der Waals surface area contributed by atoms with E-state index in [1.165, 1.54) is 6.92 Å². The molecule has 4 saturated carbocycles. The summed E-state index contributed by atoms with van der Waals surface area (Å²) in [5.41, 5.74) is -0.0888. The SMILES string of the molecule is CC(=O)O[C@@H]1CC[C@@]2(C)[C@@H](CC[C@H]3[C@@H]4CC[C@H](C(C)=O)[C@@]4(C)CC(=O)[C@@H]32)C1. The van der Waals surface area contributed by atoms with Gasteiger partial charge in [-0.05, 0) is 80.5 Å². The molecular weight excluding hydrogens is 340 g/mol. The van der Waals surface area contributed by atoms with Gasteiger partial charge in [-0.3, -0.25) is 14.4 Å². The van der Waals surface area contributed by atoms with Crippen molar-refractivity contribution in [3.8, 4) is 0 Å². The largest absolute Gasteiger partial charge is 0.463 e. The molecule has 0 aromatic rings. The van der Waals surface area contributed by atoms with E-state index >= 15 is 0 Å². The summed E-state index contributed by atoms with van der Waals surface area (Å²) in [6, 6.07) is 0. The normalized spacial score (nSPS) is 49.0. The fourth-order valence-electron chi connectivity index (χ4n) is 8.04. The van der Waals surface area contributed by atoms with Crippen molar-refractivity contribution in [1.82, 2.24) is 0 Å². The molecule has 0 aromatic heterocycles. The first kappa shape index (κ1) is 19.1. The summed E-state index contributed by atoms with van der Waals surface area (Å²) < 4.78 is 5.51. The molecule has 8 atom stereocenters. The Balaban J connectivity index is 1.60. The highest BCUT2D eigenvalue weighted by atomic mass is 16.5. The Morgan fingerprint density at radius 3 is 2.41 bits per heavy atom. The maximum Gasteiger partial charge on any atom is 0.302 e. The number of ether oxygens (including phenoxy) is 1. The maximum absolute atomic E-state index is 13.5. The predicted molar refractivity (Wildman–Crippen MR) is 102 cm³/mol. The second-order valence-electron chi connectivity index (χ2n) is 10.4. The van der Waals surface area contributed by atoms with Crippen LogP contribution in [0.15, 0.2) is 0 Å². The second kappa shape index (κ2) is 6.42. The molecule has 0 amide bonds. The standard InChI is InChI=1S/C23H34O4/c1-13(24)18-7-8-19-17-6-5-15-11-16(27-14(2)25)9-10-22(15,3)21(17)20(26)12-23(18,19)4/h15-19,21H,5-12H2,1-4H3/t15-,16+,17-,18+,19-,21+,22-,23+/m0/s1. The molecular formula is C23H34O4. The van der Waals surface area contributed by atoms with Crippen molar-refractivity contribution in [2.24, 2.45) is 40.4 Å². The van der Waals surface area contributed by atoms with Crippen LogP contribution in [-0.4, -0.2) is 23.6 Å². The number of hydrogen-bond acceptors (Lipinski definition) is 4. The number of fused-ring (bicyclic) bond motifs is 5. The van der Waals surface area contributed by atoms with Crippen LogP contribution in [-0.2, 0) is 19.1 Å². The number of carbonyl (C=O) groups excluding carboxylic acids is 3. The third-order valence-corrected chi connectivity index (χ3v) is 9.12. The van der Waals surface area contributed by atoms with E-state index in [1.807, 2.05) is 0 Å². The minimum atomic E-state index is -0.192. The van der Waals surface area contributed by atoms with Crippen LogP contribution >= 0.6 is 0 Å². The Kier molecular flexibility index (Phi) is 4.55. The van der Waals surface area contributed by atoms with Crippen LogP contribution in [0.1, 0.15) is 79.1 Å². The van der Waals surface area contributed by atoms with Gasteiger partial charge in [0.15, 0.2) is 0 Å². The van der Waals surface area contributed by atoms with Crippen molar-refractivity contribution in [2.75, 3.05) is 0 Å². The maximum atomic E-state index is 13.5. The summed E-state index contributed by atoms with van der Waals surface area (Å²) in [6.07, 6.45) is 7.64. The third-order valence-electron chi connectivity index (χ3n) is 9.12. The number of carbonyl (C=O) groups is 3. The molecule has 4 heteroatoms. The molecule has 0 aromatic carbocycles. The van der Waals surface area contributed by atoms with E-state index < -0.39 is 0 Å². The molecule has 4 fully saturated rings. The zero-order valence-electron chi connectivity index (χ0n) is 17.3. The topological polar surface area (TPSA) is 60.4 Å². The average Bonchev–Trinajstić information content (AvgIpc) is 2.91. The molecule has 0 saturated heterocycles. The summed E-state index contributed by atoms with van der Waals surface area (Å²) in [4.78, 5) is 37.1. The number of ketones is 2. The van der Waals surface area contributed by atoms with E-state index in [9.17, 15) is 14.4 Å². The lowest BCUT2D eigenvalue weighted by molar-refractivity contribution is -0.169. The number of esters is 1. The highest BCUT2D eigenvalue weighted by Gasteiger charge is 2.63. The lowest BCUT2D eigenvalue weighted by atomic mass is 9.44. The molecule has 0 unspecified atom stereocenters. The van der Waals surface area contributed by atoms with Gasteiger partial charge < -0.3 is 4.74 Å². The van der Waals surface area contributed by atoms with Crippen molar-refractivity contribution in [1.29, 1.82) is 0 Å². The van der Waals surface area contributed by atoms with E-state index in [2.05, 4.69) is 13.8 Å². The highest BCUT2D eigenvalue weighted by Crippen LogP contribution is 2.66. The first-order chi connectivity index (χ1) is 12.7. The fourth-order valence-corrected chi connectivity index (χ4v) is 8.04. The van der Waals surface area contributed by atoms with Gasteiger partial charge >= 0.3 is 5.97 Å². The Morgan fingerprint density at radius 2 is 1.74 bits per heavy atom. The molecule has 0 aliphatic heterocycles. The predicted octanol–water partition coefficient (Wildman–Crippen LogP) is 4.35. The average molecular weight is 375 g/mol. The minimum absolute atomic E-state index is 0.0228. The first-order valence-electron chi connectivity index (χ1n) is 10.9. The molecule has 150 valence electrons. The van der Waals surface area contributed by atoms with Gasteiger partial charge in [-0.1, -0.05) is 13.8 Å². The number of hydrogen-bond donors (Lipinski definition) is 0. The van der Waals surface area contributed by atoms with Gasteiger partial charge in [0.25, 0.3) is 0 Å². The van der Waals surface area contributed by atoms with Crippen molar-refractivity contribution < 1.29 is 19.1 Å². The van der Waals surface area contributed by atoms with Crippen molar-refractivity contribution in [2.45, 2.75) is 85.2 Å². The smallest absolute Gasteiger partial charge is 0.302 e. The van der Waals surface area contributed by atoms with E-state index in [4.69, 9.17) is 4.74 Å². The van der Waals surface area contributed by atoms with Crippen LogP contribution in [0.3, 0.4) is 0 Å². The van der Waals surface area contributed by atoms with Crippen LogP contribution in [0.2, 0.25) is 0 Å². The molecule has 4 aliphatic carbocycles. The molecule has 0 bridgehead atoms. The molecule has 4 aliphatic rings. The van der Waals surface area contributed by atoms with E-state index in [-0.39, 0.29) is 40.5 Å². The third kappa shape index (κ3) is 2.81. The summed E-state index contributed by atoms with van der Waals surface area (Å²) >= 11 is 0.